The van der Waals surface area contributed by atoms with Crippen molar-refractivity contribution in [2.24, 2.45) is 0 Å². The number of amides is 2. The molecule has 148 valence electrons. The molecule has 0 saturated carbocycles. The Kier molecular flexibility index (Phi) is 5.69. The highest BCUT2D eigenvalue weighted by Gasteiger charge is 2.40. The van der Waals surface area contributed by atoms with Gasteiger partial charge in [0.1, 0.15) is 5.75 Å². The summed E-state index contributed by atoms with van der Waals surface area (Å²) in [6.45, 7) is 2.16. The van der Waals surface area contributed by atoms with Crippen molar-refractivity contribution in [3.63, 3.8) is 0 Å². The van der Waals surface area contributed by atoms with Crippen LogP contribution in [-0.4, -0.2) is 24.5 Å². The summed E-state index contributed by atoms with van der Waals surface area (Å²) in [7, 11) is 0. The molecule has 1 N–H and O–H groups in total. The molecule has 1 saturated heterocycles. The van der Waals surface area contributed by atoms with Gasteiger partial charge >= 0.3 is 6.18 Å². The minimum atomic E-state index is -4.48. The molecule has 0 aliphatic carbocycles. The van der Waals surface area contributed by atoms with E-state index >= 15 is 0 Å². The Bertz CT molecular complexity index is 866. The normalized spacial score (nSPS) is 17.3. The molecule has 2 aromatic rings. The fourth-order valence-corrected chi connectivity index (χ4v) is 3.10. The fourth-order valence-electron chi connectivity index (χ4n) is 3.10. The van der Waals surface area contributed by atoms with Crippen LogP contribution in [0.5, 0.6) is 5.75 Å². The number of hydrogen-bond donors (Lipinski definition) is 1. The van der Waals surface area contributed by atoms with E-state index in [4.69, 9.17) is 4.74 Å². The Balaban J connectivity index is 1.71. The number of rotatable bonds is 6. The molecule has 28 heavy (non-hydrogen) atoms. The smallest absolute Gasteiger partial charge is 0.416 e. The molecule has 1 aliphatic rings. The zero-order chi connectivity index (χ0) is 20.3. The van der Waals surface area contributed by atoms with Crippen LogP contribution in [0.15, 0.2) is 48.5 Å². The van der Waals surface area contributed by atoms with E-state index in [1.54, 1.807) is 24.3 Å². The third kappa shape index (κ3) is 4.17. The Morgan fingerprint density at radius 1 is 1.11 bits per heavy atom. The lowest BCUT2D eigenvalue weighted by Crippen LogP contribution is -2.38. The SMILES string of the molecule is CCOc1ccc(N2C(=O)CC(NCc3ccccc3C(F)(F)F)C2=O)cc1. The second-order valence-corrected chi connectivity index (χ2v) is 6.29. The van der Waals surface area contributed by atoms with Gasteiger partial charge in [-0.1, -0.05) is 18.2 Å². The lowest BCUT2D eigenvalue weighted by molar-refractivity contribution is -0.138. The van der Waals surface area contributed by atoms with Crippen LogP contribution in [-0.2, 0) is 22.3 Å². The number of hydrogen-bond acceptors (Lipinski definition) is 4. The highest BCUT2D eigenvalue weighted by atomic mass is 19.4. The Morgan fingerprint density at radius 2 is 1.79 bits per heavy atom. The van der Waals surface area contributed by atoms with Gasteiger partial charge in [0, 0.05) is 6.54 Å². The number of nitrogens with zero attached hydrogens (tertiary/aromatic N) is 1. The topological polar surface area (TPSA) is 58.6 Å². The number of ether oxygens (including phenoxy) is 1. The largest absolute Gasteiger partial charge is 0.494 e. The minimum Gasteiger partial charge on any atom is -0.494 e. The van der Waals surface area contributed by atoms with Crippen LogP contribution in [0.3, 0.4) is 0 Å². The first-order valence-electron chi connectivity index (χ1n) is 8.79. The van der Waals surface area contributed by atoms with Crippen LogP contribution >= 0.6 is 0 Å². The summed E-state index contributed by atoms with van der Waals surface area (Å²) in [5, 5.41) is 2.79. The van der Waals surface area contributed by atoms with Crippen LogP contribution in [0, 0.1) is 0 Å². The first-order chi connectivity index (χ1) is 13.3. The van der Waals surface area contributed by atoms with Gasteiger partial charge < -0.3 is 10.1 Å². The zero-order valence-corrected chi connectivity index (χ0v) is 15.1. The predicted molar refractivity (Wildman–Crippen MR) is 96.8 cm³/mol. The van der Waals surface area contributed by atoms with Crippen molar-refractivity contribution >= 4 is 17.5 Å². The third-order valence-electron chi connectivity index (χ3n) is 4.41. The molecule has 0 spiro atoms. The number of nitrogens with one attached hydrogen (secondary N) is 1. The monoisotopic (exact) mass is 392 g/mol. The van der Waals surface area contributed by atoms with Crippen molar-refractivity contribution in [2.75, 3.05) is 11.5 Å². The average molecular weight is 392 g/mol. The summed E-state index contributed by atoms with van der Waals surface area (Å²) in [4.78, 5) is 26.0. The number of carbonyl (C=O) groups is 2. The molecule has 1 unspecified atom stereocenters. The van der Waals surface area contributed by atoms with Crippen molar-refractivity contribution in [2.45, 2.75) is 32.1 Å². The molecule has 0 aromatic heterocycles. The second-order valence-electron chi connectivity index (χ2n) is 6.29. The highest BCUT2D eigenvalue weighted by molar-refractivity contribution is 6.22. The van der Waals surface area contributed by atoms with Gasteiger partial charge in [0.25, 0.3) is 5.91 Å². The predicted octanol–water partition coefficient (Wildman–Crippen LogP) is 3.53. The molecular formula is C20H19F3N2O3. The third-order valence-corrected chi connectivity index (χ3v) is 4.41. The maximum atomic E-state index is 13.1. The Labute approximate surface area is 160 Å². The molecule has 3 rings (SSSR count). The maximum absolute atomic E-state index is 13.1. The molecule has 2 aromatic carbocycles. The van der Waals surface area contributed by atoms with E-state index in [0.717, 1.165) is 11.0 Å². The summed E-state index contributed by atoms with van der Waals surface area (Å²) < 4.78 is 44.6. The number of halogens is 3. The fraction of sp³-hybridized carbons (Fsp3) is 0.300. The van der Waals surface area contributed by atoms with E-state index < -0.39 is 29.6 Å². The minimum absolute atomic E-state index is 0.0229. The summed E-state index contributed by atoms with van der Waals surface area (Å²) in [6, 6.07) is 10.8. The van der Waals surface area contributed by atoms with Crippen molar-refractivity contribution in [3.05, 3.63) is 59.7 Å². The first-order valence-corrected chi connectivity index (χ1v) is 8.79. The molecule has 2 amide bonds. The van der Waals surface area contributed by atoms with Crippen molar-refractivity contribution in [3.8, 4) is 5.75 Å². The van der Waals surface area contributed by atoms with Gasteiger partial charge in [-0.3, -0.25) is 9.59 Å². The molecule has 1 atom stereocenters. The van der Waals surface area contributed by atoms with E-state index in [0.29, 0.717) is 18.0 Å². The number of alkyl halides is 3. The molecule has 1 heterocycles. The summed E-state index contributed by atoms with van der Waals surface area (Å²) in [5.41, 5.74) is -0.337. The van der Waals surface area contributed by atoms with E-state index in [1.165, 1.54) is 18.2 Å². The summed E-state index contributed by atoms with van der Waals surface area (Å²) in [6.07, 6.45) is -4.59. The standard InChI is InChI=1S/C20H19F3N2O3/c1-2-28-15-9-7-14(8-10-15)25-18(26)11-17(19(25)27)24-12-13-5-3-4-6-16(13)20(21,22)23/h3-10,17,24H,2,11-12H2,1H3. The molecule has 1 aliphatic heterocycles. The summed E-state index contributed by atoms with van der Waals surface area (Å²) in [5.74, 6) is -0.279. The van der Waals surface area contributed by atoms with E-state index in [1.807, 2.05) is 6.92 Å². The van der Waals surface area contributed by atoms with Crippen molar-refractivity contribution < 1.29 is 27.5 Å². The lowest BCUT2D eigenvalue weighted by atomic mass is 10.1. The van der Waals surface area contributed by atoms with Crippen molar-refractivity contribution in [1.29, 1.82) is 0 Å². The maximum Gasteiger partial charge on any atom is 0.416 e. The van der Waals surface area contributed by atoms with Crippen molar-refractivity contribution in [1.82, 2.24) is 5.32 Å². The number of anilines is 1. The quantitative estimate of drug-likeness (QED) is 0.765. The Hall–Kier alpha value is -2.87. The lowest BCUT2D eigenvalue weighted by Gasteiger charge is -2.17. The number of imide groups is 1. The van der Waals surface area contributed by atoms with E-state index in [2.05, 4.69) is 5.32 Å². The van der Waals surface area contributed by atoms with Crippen LogP contribution in [0.25, 0.3) is 0 Å². The van der Waals surface area contributed by atoms with Gasteiger partial charge in [0.05, 0.1) is 30.3 Å². The van der Waals surface area contributed by atoms with Gasteiger partial charge in [0.2, 0.25) is 5.91 Å². The van der Waals surface area contributed by atoms with Gasteiger partial charge in [0.15, 0.2) is 0 Å². The summed E-state index contributed by atoms with van der Waals surface area (Å²) >= 11 is 0. The number of carbonyl (C=O) groups excluding carboxylic acids is 2. The van der Waals surface area contributed by atoms with Crippen LogP contribution in [0.1, 0.15) is 24.5 Å². The highest BCUT2D eigenvalue weighted by Crippen LogP contribution is 2.32. The van der Waals surface area contributed by atoms with Gasteiger partial charge in [-0.05, 0) is 42.8 Å². The van der Waals surface area contributed by atoms with Gasteiger partial charge in [-0.2, -0.15) is 13.2 Å². The number of benzene rings is 2. The molecule has 0 radical (unpaired) electrons. The average Bonchev–Trinajstić information content (AvgIpc) is 2.94. The second kappa shape index (κ2) is 8.02. The van der Waals surface area contributed by atoms with Gasteiger partial charge in [-0.15, -0.1) is 0 Å². The molecule has 1 fully saturated rings. The molecule has 5 nitrogen and oxygen atoms in total. The van der Waals surface area contributed by atoms with Gasteiger partial charge in [-0.25, -0.2) is 4.90 Å². The van der Waals surface area contributed by atoms with Crippen LogP contribution in [0.4, 0.5) is 18.9 Å². The molecule has 0 bridgehead atoms. The Morgan fingerprint density at radius 3 is 2.43 bits per heavy atom. The van der Waals surface area contributed by atoms with Crippen LogP contribution in [0.2, 0.25) is 0 Å². The van der Waals surface area contributed by atoms with Crippen LogP contribution < -0.4 is 15.0 Å². The molecular weight excluding hydrogens is 373 g/mol. The zero-order valence-electron chi connectivity index (χ0n) is 15.1. The molecule has 8 heteroatoms. The van der Waals surface area contributed by atoms with E-state index in [9.17, 15) is 22.8 Å². The first kappa shape index (κ1) is 19.9. The van der Waals surface area contributed by atoms with E-state index in [-0.39, 0.29) is 18.5 Å².